The first-order valence-electron chi connectivity index (χ1n) is 6.83. The van der Waals surface area contributed by atoms with Crippen LogP contribution in [-0.2, 0) is 33.3 Å². The molecule has 23 heavy (non-hydrogen) atoms. The van der Waals surface area contributed by atoms with Crippen molar-refractivity contribution < 1.29 is 42.5 Å². The smallest absolute Gasteiger partial charge is 0.412 e. The zero-order valence-corrected chi connectivity index (χ0v) is 12.7. The molecule has 2 heterocycles. The molecule has 2 fully saturated rings. The Morgan fingerprint density at radius 1 is 1.00 bits per heavy atom. The van der Waals surface area contributed by atoms with Gasteiger partial charge in [-0.05, 0) is 0 Å². The highest BCUT2D eigenvalue weighted by Gasteiger charge is 2.59. The van der Waals surface area contributed by atoms with Crippen LogP contribution in [0.4, 0.5) is 9.18 Å². The van der Waals surface area contributed by atoms with Crippen LogP contribution in [0, 0.1) is 0 Å². The second-order valence-corrected chi connectivity index (χ2v) is 5.15. The molecule has 10 heteroatoms. The Morgan fingerprint density at radius 2 is 1.48 bits per heavy atom. The van der Waals surface area contributed by atoms with Crippen molar-refractivity contribution in [1.82, 2.24) is 4.90 Å². The highest BCUT2D eigenvalue weighted by molar-refractivity contribution is 5.72. The molecule has 0 N–H and O–H groups in total. The number of piperidine rings is 1. The minimum Gasteiger partial charge on any atom is -0.456 e. The van der Waals surface area contributed by atoms with E-state index in [2.05, 4.69) is 0 Å². The average molecular weight is 333 g/mol. The molecular weight excluding hydrogens is 317 g/mol. The summed E-state index contributed by atoms with van der Waals surface area (Å²) in [6, 6.07) is -0.988. The fourth-order valence-corrected chi connectivity index (χ4v) is 2.68. The highest BCUT2D eigenvalue weighted by atomic mass is 19.1. The van der Waals surface area contributed by atoms with Crippen molar-refractivity contribution in [3.05, 3.63) is 0 Å². The molecule has 0 aromatic heterocycles. The second-order valence-electron chi connectivity index (χ2n) is 5.15. The van der Waals surface area contributed by atoms with E-state index in [9.17, 15) is 23.6 Å². The van der Waals surface area contributed by atoms with E-state index in [-0.39, 0.29) is 6.61 Å². The summed E-state index contributed by atoms with van der Waals surface area (Å²) in [6.07, 6.45) is -7.33. The Hall–Kier alpha value is -2.39. The molecule has 0 saturated carbocycles. The lowest BCUT2D eigenvalue weighted by molar-refractivity contribution is -0.218. The molecule has 2 aliphatic heterocycles. The maximum Gasteiger partial charge on any atom is 0.412 e. The van der Waals surface area contributed by atoms with Crippen LogP contribution in [0.2, 0.25) is 0 Å². The number of fused-ring (bicyclic) bond motifs is 1. The standard InChI is InChI=1S/C13H16FNO8/c1-5(16)21-9-8-4-20-13(19)15(8)12(14)11(23-7(3)18)10(9)22-6(2)17/h8-12H,4H2,1-3H3/t8-,9-,10+,11-,12+/m1/s1. The SMILES string of the molecule is CC(=O)O[C@@H]1[C@@H](OC(C)=O)[C@@H](F)N2C(=O)OC[C@@H]2[C@H]1OC(C)=O. The highest BCUT2D eigenvalue weighted by Crippen LogP contribution is 2.35. The molecule has 5 atom stereocenters. The Balaban J connectivity index is 2.40. The number of carbonyl (C=O) groups is 4. The number of halogens is 1. The number of amides is 1. The van der Waals surface area contributed by atoms with Gasteiger partial charge in [-0.15, -0.1) is 0 Å². The third kappa shape index (κ3) is 3.35. The third-order valence-corrected chi connectivity index (χ3v) is 3.42. The van der Waals surface area contributed by atoms with E-state index in [4.69, 9.17) is 18.9 Å². The molecule has 9 nitrogen and oxygen atoms in total. The zero-order valence-electron chi connectivity index (χ0n) is 12.7. The van der Waals surface area contributed by atoms with E-state index in [0.29, 0.717) is 4.90 Å². The van der Waals surface area contributed by atoms with Crippen molar-refractivity contribution >= 4 is 24.0 Å². The van der Waals surface area contributed by atoms with E-state index < -0.39 is 54.7 Å². The van der Waals surface area contributed by atoms with Gasteiger partial charge in [0.05, 0.1) is 0 Å². The number of esters is 3. The van der Waals surface area contributed by atoms with E-state index in [0.717, 1.165) is 20.8 Å². The molecule has 0 radical (unpaired) electrons. The lowest BCUT2D eigenvalue weighted by Crippen LogP contribution is -2.66. The summed E-state index contributed by atoms with van der Waals surface area (Å²) in [4.78, 5) is 46.2. The molecule has 0 aromatic carbocycles. The predicted molar refractivity (Wildman–Crippen MR) is 68.5 cm³/mol. The van der Waals surface area contributed by atoms with Crippen molar-refractivity contribution in [3.8, 4) is 0 Å². The van der Waals surface area contributed by atoms with Gasteiger partial charge < -0.3 is 18.9 Å². The third-order valence-electron chi connectivity index (χ3n) is 3.42. The van der Waals surface area contributed by atoms with Gasteiger partial charge in [0.25, 0.3) is 0 Å². The first-order chi connectivity index (χ1) is 10.7. The largest absolute Gasteiger partial charge is 0.456 e. The summed E-state index contributed by atoms with van der Waals surface area (Å²) >= 11 is 0. The number of ether oxygens (including phenoxy) is 4. The quantitative estimate of drug-likeness (QED) is 0.400. The van der Waals surface area contributed by atoms with Crippen LogP contribution < -0.4 is 0 Å². The lowest BCUT2D eigenvalue weighted by atomic mass is 9.93. The van der Waals surface area contributed by atoms with Gasteiger partial charge >= 0.3 is 24.0 Å². The number of hydrogen-bond donors (Lipinski definition) is 0. The maximum absolute atomic E-state index is 14.6. The van der Waals surface area contributed by atoms with E-state index in [1.165, 1.54) is 0 Å². The molecular formula is C13H16FNO8. The first kappa shape index (κ1) is 17.0. The van der Waals surface area contributed by atoms with E-state index in [1.807, 2.05) is 0 Å². The molecule has 0 unspecified atom stereocenters. The Bertz CT molecular complexity index is 538. The number of rotatable bonds is 3. The molecule has 128 valence electrons. The number of nitrogens with zero attached hydrogens (tertiary/aromatic N) is 1. The molecule has 2 rings (SSSR count). The Labute approximate surface area is 130 Å². The minimum absolute atomic E-state index is 0.248. The Morgan fingerprint density at radius 3 is 2.00 bits per heavy atom. The summed E-state index contributed by atoms with van der Waals surface area (Å²) in [5.74, 6) is -2.36. The van der Waals surface area contributed by atoms with Crippen molar-refractivity contribution in [2.24, 2.45) is 0 Å². The van der Waals surface area contributed by atoms with Crippen LogP contribution >= 0.6 is 0 Å². The molecule has 1 amide bonds. The molecule has 0 aromatic rings. The van der Waals surface area contributed by atoms with Crippen LogP contribution in [0.15, 0.2) is 0 Å². The van der Waals surface area contributed by atoms with Gasteiger partial charge in [-0.25, -0.2) is 9.18 Å². The summed E-state index contributed by atoms with van der Waals surface area (Å²) in [6.45, 7) is 2.97. The van der Waals surface area contributed by atoms with Gasteiger partial charge in [-0.2, -0.15) is 0 Å². The normalized spacial score (nSPS) is 32.6. The topological polar surface area (TPSA) is 108 Å². The fraction of sp³-hybridized carbons (Fsp3) is 0.692. The second kappa shape index (κ2) is 6.39. The summed E-state index contributed by atoms with van der Waals surface area (Å²) in [7, 11) is 0. The van der Waals surface area contributed by atoms with Gasteiger partial charge in [-0.3, -0.25) is 19.3 Å². The summed E-state index contributed by atoms with van der Waals surface area (Å²) in [5, 5.41) is 0. The number of cyclic esters (lactones) is 1. The van der Waals surface area contributed by atoms with Crippen molar-refractivity contribution in [2.45, 2.75) is 51.4 Å². The lowest BCUT2D eigenvalue weighted by Gasteiger charge is -2.44. The molecule has 2 aliphatic rings. The van der Waals surface area contributed by atoms with Gasteiger partial charge in [0.15, 0.2) is 18.3 Å². The minimum atomic E-state index is -2.10. The number of hydrogen-bond acceptors (Lipinski definition) is 8. The summed E-state index contributed by atoms with van der Waals surface area (Å²) < 4.78 is 34.3. The van der Waals surface area contributed by atoms with E-state index >= 15 is 0 Å². The van der Waals surface area contributed by atoms with Crippen LogP contribution in [0.3, 0.4) is 0 Å². The van der Waals surface area contributed by atoms with Gasteiger partial charge in [0.2, 0.25) is 6.30 Å². The Kier molecular flexibility index (Phi) is 4.71. The van der Waals surface area contributed by atoms with Crippen LogP contribution in [0.1, 0.15) is 20.8 Å². The van der Waals surface area contributed by atoms with Crippen LogP contribution in [-0.4, -0.2) is 66.2 Å². The molecule has 2 saturated heterocycles. The average Bonchev–Trinajstić information content (AvgIpc) is 2.79. The van der Waals surface area contributed by atoms with E-state index in [1.54, 1.807) is 0 Å². The van der Waals surface area contributed by atoms with Gasteiger partial charge in [-0.1, -0.05) is 0 Å². The van der Waals surface area contributed by atoms with Gasteiger partial charge in [0, 0.05) is 20.8 Å². The van der Waals surface area contributed by atoms with Crippen LogP contribution in [0.5, 0.6) is 0 Å². The molecule has 0 bridgehead atoms. The summed E-state index contributed by atoms with van der Waals surface area (Å²) in [5.41, 5.74) is 0. The zero-order chi connectivity index (χ0) is 17.3. The fourth-order valence-electron chi connectivity index (χ4n) is 2.68. The molecule has 0 spiro atoms. The molecule has 0 aliphatic carbocycles. The van der Waals surface area contributed by atoms with Gasteiger partial charge in [0.1, 0.15) is 12.6 Å². The van der Waals surface area contributed by atoms with Crippen LogP contribution in [0.25, 0.3) is 0 Å². The number of carbonyl (C=O) groups excluding carboxylic acids is 4. The monoisotopic (exact) mass is 333 g/mol. The van der Waals surface area contributed by atoms with Crippen molar-refractivity contribution in [1.29, 1.82) is 0 Å². The first-order valence-corrected chi connectivity index (χ1v) is 6.83. The predicted octanol–water partition coefficient (Wildman–Crippen LogP) is -0.0885. The maximum atomic E-state index is 14.6. The number of alkyl halides is 1. The van der Waals surface area contributed by atoms with Crippen molar-refractivity contribution in [3.63, 3.8) is 0 Å². The van der Waals surface area contributed by atoms with Crippen molar-refractivity contribution in [2.75, 3.05) is 6.61 Å².